The summed E-state index contributed by atoms with van der Waals surface area (Å²) in [4.78, 5) is 0. The van der Waals surface area contributed by atoms with Crippen molar-refractivity contribution in [2.75, 3.05) is 6.61 Å². The second kappa shape index (κ2) is 5.05. The Morgan fingerprint density at radius 1 is 1.31 bits per heavy atom. The molecule has 2 rings (SSSR count). The number of ether oxygens (including phenoxy) is 1. The van der Waals surface area contributed by atoms with Gasteiger partial charge in [0.05, 0.1) is 11.7 Å². The molecule has 0 aromatic heterocycles. The third-order valence-corrected chi connectivity index (χ3v) is 4.70. The summed E-state index contributed by atoms with van der Waals surface area (Å²) in [6.45, 7) is 5.10. The monoisotopic (exact) mass is 226 g/mol. The third kappa shape index (κ3) is 2.43. The van der Waals surface area contributed by atoms with Crippen LogP contribution in [-0.2, 0) is 4.74 Å². The lowest BCUT2D eigenvalue weighted by Gasteiger charge is -2.46. The Morgan fingerprint density at radius 2 is 2.06 bits per heavy atom. The van der Waals surface area contributed by atoms with Crippen LogP contribution in [0.1, 0.15) is 58.8 Å². The van der Waals surface area contributed by atoms with Crippen molar-refractivity contribution in [3.05, 3.63) is 0 Å². The molecule has 16 heavy (non-hydrogen) atoms. The molecule has 4 atom stereocenters. The lowest BCUT2D eigenvalue weighted by molar-refractivity contribution is -0.144. The normalized spacial score (nSPS) is 45.6. The maximum Gasteiger partial charge on any atom is 0.0724 e. The van der Waals surface area contributed by atoms with Crippen LogP contribution in [0, 0.1) is 11.8 Å². The molecule has 2 nitrogen and oxygen atoms in total. The minimum atomic E-state index is -0.432. The molecule has 0 bridgehead atoms. The van der Waals surface area contributed by atoms with E-state index in [0.29, 0.717) is 5.92 Å². The van der Waals surface area contributed by atoms with Gasteiger partial charge < -0.3 is 9.84 Å². The number of aliphatic hydroxyl groups is 1. The average molecular weight is 226 g/mol. The quantitative estimate of drug-likeness (QED) is 0.784. The van der Waals surface area contributed by atoms with Crippen LogP contribution in [0.3, 0.4) is 0 Å². The summed E-state index contributed by atoms with van der Waals surface area (Å²) in [6.07, 6.45) is 8.35. The summed E-state index contributed by atoms with van der Waals surface area (Å²) >= 11 is 0. The molecule has 1 saturated carbocycles. The zero-order chi connectivity index (χ0) is 11.6. The Balaban J connectivity index is 2.07. The summed E-state index contributed by atoms with van der Waals surface area (Å²) < 4.78 is 5.57. The van der Waals surface area contributed by atoms with E-state index in [2.05, 4.69) is 13.8 Å². The first-order valence-corrected chi connectivity index (χ1v) is 6.99. The van der Waals surface area contributed by atoms with E-state index in [9.17, 15) is 5.11 Å². The maximum atomic E-state index is 10.9. The first-order chi connectivity index (χ1) is 7.65. The van der Waals surface area contributed by atoms with Gasteiger partial charge in [-0.05, 0) is 31.6 Å². The average Bonchev–Trinajstić information content (AvgIpc) is 2.29. The zero-order valence-corrected chi connectivity index (χ0v) is 10.7. The third-order valence-electron chi connectivity index (χ3n) is 4.70. The van der Waals surface area contributed by atoms with E-state index in [1.54, 1.807) is 0 Å². The molecule has 1 heterocycles. The van der Waals surface area contributed by atoms with Gasteiger partial charge in [-0.1, -0.05) is 32.6 Å². The fraction of sp³-hybridized carbons (Fsp3) is 1.00. The van der Waals surface area contributed by atoms with Gasteiger partial charge in [0, 0.05) is 13.0 Å². The van der Waals surface area contributed by atoms with Gasteiger partial charge in [-0.15, -0.1) is 0 Å². The molecule has 2 heteroatoms. The van der Waals surface area contributed by atoms with E-state index < -0.39 is 5.60 Å². The second-order valence-electron chi connectivity index (χ2n) is 5.80. The van der Waals surface area contributed by atoms with Gasteiger partial charge in [0.25, 0.3) is 0 Å². The molecule has 94 valence electrons. The van der Waals surface area contributed by atoms with Crippen molar-refractivity contribution >= 4 is 0 Å². The Labute approximate surface area is 99.4 Å². The summed E-state index contributed by atoms with van der Waals surface area (Å²) in [5.74, 6) is 1.27. The molecule has 0 aromatic rings. The van der Waals surface area contributed by atoms with Crippen molar-refractivity contribution in [3.63, 3.8) is 0 Å². The standard InChI is InChI=1S/C14H26O2/c1-3-12-6-4-5-7-13(12)14(15)8-9-16-11(2)10-14/h11-13,15H,3-10H2,1-2H3. The predicted molar refractivity (Wildman–Crippen MR) is 65.3 cm³/mol. The van der Waals surface area contributed by atoms with Crippen molar-refractivity contribution in [1.29, 1.82) is 0 Å². The van der Waals surface area contributed by atoms with E-state index in [4.69, 9.17) is 4.74 Å². The van der Waals surface area contributed by atoms with E-state index in [0.717, 1.165) is 25.4 Å². The molecule has 1 aliphatic carbocycles. The molecule has 1 aliphatic heterocycles. The van der Waals surface area contributed by atoms with Crippen LogP contribution in [0.25, 0.3) is 0 Å². The van der Waals surface area contributed by atoms with Crippen LogP contribution in [0.4, 0.5) is 0 Å². The van der Waals surface area contributed by atoms with E-state index in [1.807, 2.05) is 0 Å². The lowest BCUT2D eigenvalue weighted by atomic mass is 9.66. The van der Waals surface area contributed by atoms with Crippen LogP contribution < -0.4 is 0 Å². The van der Waals surface area contributed by atoms with E-state index in [-0.39, 0.29) is 6.10 Å². The first-order valence-electron chi connectivity index (χ1n) is 6.99. The van der Waals surface area contributed by atoms with E-state index in [1.165, 1.54) is 32.1 Å². The number of hydrogen-bond donors (Lipinski definition) is 1. The van der Waals surface area contributed by atoms with Gasteiger partial charge in [-0.3, -0.25) is 0 Å². The van der Waals surface area contributed by atoms with Crippen LogP contribution in [-0.4, -0.2) is 23.4 Å². The number of hydrogen-bond acceptors (Lipinski definition) is 2. The predicted octanol–water partition coefficient (Wildman–Crippen LogP) is 3.13. The van der Waals surface area contributed by atoms with Gasteiger partial charge in [-0.2, -0.15) is 0 Å². The van der Waals surface area contributed by atoms with Gasteiger partial charge in [0.15, 0.2) is 0 Å². The summed E-state index contributed by atoms with van der Waals surface area (Å²) in [6, 6.07) is 0. The summed E-state index contributed by atoms with van der Waals surface area (Å²) in [5, 5.41) is 10.9. The fourth-order valence-corrected chi connectivity index (χ4v) is 3.84. The summed E-state index contributed by atoms with van der Waals surface area (Å²) in [7, 11) is 0. The highest BCUT2D eigenvalue weighted by molar-refractivity contribution is 4.94. The van der Waals surface area contributed by atoms with Gasteiger partial charge in [0.1, 0.15) is 0 Å². The van der Waals surface area contributed by atoms with Crippen molar-refractivity contribution in [2.24, 2.45) is 11.8 Å². The molecule has 0 amide bonds. The largest absolute Gasteiger partial charge is 0.389 e. The smallest absolute Gasteiger partial charge is 0.0724 e. The molecule has 2 fully saturated rings. The molecule has 0 radical (unpaired) electrons. The Morgan fingerprint density at radius 3 is 2.75 bits per heavy atom. The molecular weight excluding hydrogens is 200 g/mol. The highest BCUT2D eigenvalue weighted by Gasteiger charge is 2.44. The topological polar surface area (TPSA) is 29.5 Å². The van der Waals surface area contributed by atoms with Crippen LogP contribution in [0.15, 0.2) is 0 Å². The zero-order valence-electron chi connectivity index (χ0n) is 10.7. The SMILES string of the molecule is CCC1CCCCC1C1(O)CCOC(C)C1. The van der Waals surface area contributed by atoms with Crippen LogP contribution in [0.2, 0.25) is 0 Å². The molecule has 1 N–H and O–H groups in total. The minimum Gasteiger partial charge on any atom is -0.389 e. The van der Waals surface area contributed by atoms with Gasteiger partial charge in [0.2, 0.25) is 0 Å². The Hall–Kier alpha value is -0.0800. The van der Waals surface area contributed by atoms with E-state index >= 15 is 0 Å². The Kier molecular flexibility index (Phi) is 3.91. The molecule has 0 aromatic carbocycles. The van der Waals surface area contributed by atoms with Crippen molar-refractivity contribution in [1.82, 2.24) is 0 Å². The highest BCUT2D eigenvalue weighted by atomic mass is 16.5. The number of rotatable bonds is 2. The highest BCUT2D eigenvalue weighted by Crippen LogP contribution is 2.44. The maximum absolute atomic E-state index is 10.9. The van der Waals surface area contributed by atoms with Crippen LogP contribution >= 0.6 is 0 Å². The molecule has 1 saturated heterocycles. The lowest BCUT2D eigenvalue weighted by Crippen LogP contribution is -2.49. The molecular formula is C14H26O2. The second-order valence-corrected chi connectivity index (χ2v) is 5.80. The van der Waals surface area contributed by atoms with Crippen molar-refractivity contribution < 1.29 is 9.84 Å². The Bertz CT molecular complexity index is 229. The van der Waals surface area contributed by atoms with Gasteiger partial charge in [-0.25, -0.2) is 0 Å². The van der Waals surface area contributed by atoms with Crippen LogP contribution in [0.5, 0.6) is 0 Å². The minimum absolute atomic E-state index is 0.234. The molecule has 2 aliphatic rings. The van der Waals surface area contributed by atoms with Crippen molar-refractivity contribution in [3.8, 4) is 0 Å². The summed E-state index contributed by atoms with van der Waals surface area (Å²) in [5.41, 5.74) is -0.432. The first kappa shape index (κ1) is 12.4. The fourth-order valence-electron chi connectivity index (χ4n) is 3.84. The van der Waals surface area contributed by atoms with Gasteiger partial charge >= 0.3 is 0 Å². The van der Waals surface area contributed by atoms with Crippen molar-refractivity contribution in [2.45, 2.75) is 70.5 Å². The molecule has 0 spiro atoms. The molecule has 4 unspecified atom stereocenters.